The van der Waals surface area contributed by atoms with Crippen LogP contribution in [-0.2, 0) is 16.1 Å². The van der Waals surface area contributed by atoms with E-state index in [1.165, 1.54) is 11.8 Å². The third-order valence-corrected chi connectivity index (χ3v) is 3.74. The van der Waals surface area contributed by atoms with Crippen molar-refractivity contribution in [3.8, 4) is 6.07 Å². The molecule has 0 spiro atoms. The monoisotopic (exact) mass is 302 g/mol. The molecule has 0 saturated carbocycles. The van der Waals surface area contributed by atoms with Crippen LogP contribution in [0.1, 0.15) is 18.3 Å². The Kier molecular flexibility index (Phi) is 3.77. The number of fused-ring (bicyclic) bond motifs is 1. The highest BCUT2D eigenvalue weighted by atomic mass is 19.1. The number of benzene rings is 1. The minimum absolute atomic E-state index is 0.0751. The normalized spacial score (nSPS) is 21.2. The van der Waals surface area contributed by atoms with Crippen LogP contribution in [0.3, 0.4) is 0 Å². The zero-order valence-corrected chi connectivity index (χ0v) is 12.0. The fraction of sp³-hybridized carbons (Fsp3) is 0.400. The molecule has 7 heteroatoms. The topological polar surface area (TPSA) is 82.0 Å². The molecule has 0 unspecified atom stereocenters. The Morgan fingerprint density at radius 2 is 2.41 bits per heavy atom. The molecule has 2 heterocycles. The maximum atomic E-state index is 13.8. The summed E-state index contributed by atoms with van der Waals surface area (Å²) >= 11 is 0. The number of carbonyl (C=O) groups excluding carboxylic acids is 1. The Labute approximate surface area is 126 Å². The molecule has 0 bridgehead atoms. The average Bonchev–Trinajstić information content (AvgIpc) is 3.07. The number of nitrogens with zero attached hydrogens (tertiary/aromatic N) is 3. The summed E-state index contributed by atoms with van der Waals surface area (Å²) in [6.45, 7) is 1.88. The summed E-state index contributed by atoms with van der Waals surface area (Å²) < 4.78 is 19.4. The minimum Gasteiger partial charge on any atom is -0.365 e. The molecule has 2 atom stereocenters. The van der Waals surface area contributed by atoms with E-state index < -0.39 is 12.3 Å². The lowest BCUT2D eigenvalue weighted by Gasteiger charge is -2.13. The average molecular weight is 302 g/mol. The van der Waals surface area contributed by atoms with Gasteiger partial charge in [-0.3, -0.25) is 4.79 Å². The molecule has 114 valence electrons. The van der Waals surface area contributed by atoms with Gasteiger partial charge >= 0.3 is 0 Å². The number of aromatic nitrogens is 2. The molecule has 1 N–H and O–H groups in total. The number of nitrogens with one attached hydrogen (secondary N) is 1. The van der Waals surface area contributed by atoms with Crippen molar-refractivity contribution in [2.24, 2.45) is 0 Å². The van der Waals surface area contributed by atoms with E-state index in [1.807, 2.05) is 0 Å². The molecule has 22 heavy (non-hydrogen) atoms. The van der Waals surface area contributed by atoms with Crippen molar-refractivity contribution in [2.75, 3.05) is 13.1 Å². The van der Waals surface area contributed by atoms with Crippen LogP contribution in [0.25, 0.3) is 11.0 Å². The largest absolute Gasteiger partial charge is 0.365 e. The van der Waals surface area contributed by atoms with E-state index >= 15 is 0 Å². The van der Waals surface area contributed by atoms with Crippen molar-refractivity contribution < 1.29 is 13.9 Å². The van der Waals surface area contributed by atoms with Crippen molar-refractivity contribution in [1.82, 2.24) is 14.9 Å². The Hall–Kier alpha value is -2.46. The van der Waals surface area contributed by atoms with Crippen LogP contribution < -0.4 is 0 Å². The van der Waals surface area contributed by atoms with Crippen LogP contribution in [0.15, 0.2) is 18.2 Å². The second-order valence-corrected chi connectivity index (χ2v) is 5.32. The Bertz CT molecular complexity index is 752. The van der Waals surface area contributed by atoms with Crippen molar-refractivity contribution in [3.05, 3.63) is 29.6 Å². The van der Waals surface area contributed by atoms with Crippen molar-refractivity contribution in [3.63, 3.8) is 0 Å². The predicted octanol–water partition coefficient (Wildman–Crippen LogP) is 1.52. The lowest BCUT2D eigenvalue weighted by molar-refractivity contribution is -0.128. The van der Waals surface area contributed by atoms with Gasteiger partial charge in [0, 0.05) is 13.5 Å². The fourth-order valence-electron chi connectivity index (χ4n) is 2.53. The van der Waals surface area contributed by atoms with E-state index in [4.69, 9.17) is 10.00 Å². The highest BCUT2D eigenvalue weighted by molar-refractivity contribution is 5.76. The summed E-state index contributed by atoms with van der Waals surface area (Å²) in [7, 11) is 0. The molecule has 1 amide bonds. The molecular formula is C15H15FN4O2. The van der Waals surface area contributed by atoms with E-state index in [2.05, 4.69) is 16.0 Å². The summed E-state index contributed by atoms with van der Waals surface area (Å²) in [5, 5.41) is 8.87. The number of rotatable bonds is 3. The fourth-order valence-corrected chi connectivity index (χ4v) is 2.53. The Balaban J connectivity index is 1.67. The van der Waals surface area contributed by atoms with Gasteiger partial charge in [0.1, 0.15) is 24.7 Å². The SMILES string of the molecule is CC(=O)N1C[C@@H](F)[C@@H](OCc2nc3ccc(C#N)cc3[nH]2)C1. The number of aromatic amines is 1. The second-order valence-electron chi connectivity index (χ2n) is 5.32. The molecular weight excluding hydrogens is 287 g/mol. The number of ether oxygens (including phenoxy) is 1. The zero-order valence-electron chi connectivity index (χ0n) is 12.0. The van der Waals surface area contributed by atoms with Crippen molar-refractivity contribution >= 4 is 16.9 Å². The number of hydrogen-bond acceptors (Lipinski definition) is 4. The molecule has 1 aromatic carbocycles. The van der Waals surface area contributed by atoms with Crippen LogP contribution >= 0.6 is 0 Å². The van der Waals surface area contributed by atoms with Gasteiger partial charge in [0.15, 0.2) is 0 Å². The van der Waals surface area contributed by atoms with Gasteiger partial charge in [-0.15, -0.1) is 0 Å². The Morgan fingerprint density at radius 3 is 3.09 bits per heavy atom. The molecule has 1 saturated heterocycles. The number of imidazole rings is 1. The maximum Gasteiger partial charge on any atom is 0.219 e. The number of H-pyrrole nitrogens is 1. The van der Waals surface area contributed by atoms with E-state index in [1.54, 1.807) is 18.2 Å². The maximum absolute atomic E-state index is 13.8. The van der Waals surface area contributed by atoms with Crippen LogP contribution in [0.5, 0.6) is 0 Å². The lowest BCUT2D eigenvalue weighted by Crippen LogP contribution is -2.27. The predicted molar refractivity (Wildman–Crippen MR) is 76.5 cm³/mol. The lowest BCUT2D eigenvalue weighted by atomic mass is 10.2. The number of halogens is 1. The first kappa shape index (κ1) is 14.5. The van der Waals surface area contributed by atoms with E-state index in [0.717, 1.165) is 11.0 Å². The summed E-state index contributed by atoms with van der Waals surface area (Å²) in [5.74, 6) is 0.417. The Morgan fingerprint density at radius 1 is 1.59 bits per heavy atom. The van der Waals surface area contributed by atoms with Gasteiger partial charge in [-0.25, -0.2) is 9.37 Å². The van der Waals surface area contributed by atoms with E-state index in [-0.39, 0.29) is 25.6 Å². The third-order valence-electron chi connectivity index (χ3n) is 3.74. The van der Waals surface area contributed by atoms with Crippen molar-refractivity contribution in [1.29, 1.82) is 5.26 Å². The molecule has 1 aromatic heterocycles. The molecule has 2 aromatic rings. The van der Waals surface area contributed by atoms with E-state index in [9.17, 15) is 9.18 Å². The van der Waals surface area contributed by atoms with Crippen LogP contribution in [0.2, 0.25) is 0 Å². The van der Waals surface area contributed by atoms with Gasteiger partial charge < -0.3 is 14.6 Å². The van der Waals surface area contributed by atoms with Crippen LogP contribution in [0.4, 0.5) is 4.39 Å². The minimum atomic E-state index is -1.18. The first-order valence-electron chi connectivity index (χ1n) is 6.97. The molecule has 0 aliphatic carbocycles. The van der Waals surface area contributed by atoms with Crippen LogP contribution in [-0.4, -0.2) is 46.1 Å². The number of nitriles is 1. The van der Waals surface area contributed by atoms with Gasteiger partial charge in [0.25, 0.3) is 0 Å². The summed E-state index contributed by atoms with van der Waals surface area (Å²) in [5.41, 5.74) is 2.01. The number of hydrogen-bond donors (Lipinski definition) is 1. The van der Waals surface area contributed by atoms with E-state index in [0.29, 0.717) is 11.4 Å². The highest BCUT2D eigenvalue weighted by Crippen LogP contribution is 2.19. The molecule has 3 rings (SSSR count). The molecule has 1 aliphatic heterocycles. The summed E-state index contributed by atoms with van der Waals surface area (Å²) in [6.07, 6.45) is -1.81. The van der Waals surface area contributed by atoms with Gasteiger partial charge in [0.05, 0.1) is 29.2 Å². The number of likely N-dealkylation sites (tertiary alicyclic amines) is 1. The van der Waals surface area contributed by atoms with Crippen molar-refractivity contribution in [2.45, 2.75) is 25.8 Å². The zero-order chi connectivity index (χ0) is 15.7. The molecule has 6 nitrogen and oxygen atoms in total. The first-order valence-corrected chi connectivity index (χ1v) is 6.97. The quantitative estimate of drug-likeness (QED) is 0.932. The van der Waals surface area contributed by atoms with Gasteiger partial charge in [-0.1, -0.05) is 0 Å². The smallest absolute Gasteiger partial charge is 0.219 e. The number of carbonyl (C=O) groups is 1. The van der Waals surface area contributed by atoms with Gasteiger partial charge in [-0.05, 0) is 18.2 Å². The number of amides is 1. The third kappa shape index (κ3) is 2.78. The highest BCUT2D eigenvalue weighted by Gasteiger charge is 2.35. The standard InChI is InChI=1S/C15H15FN4O2/c1-9(21)20-6-11(16)14(7-20)22-8-15-18-12-3-2-10(5-17)4-13(12)19-15/h2-4,11,14H,6-8H2,1H3,(H,18,19)/t11-,14+/m1/s1. The van der Waals surface area contributed by atoms with Crippen LogP contribution in [0, 0.1) is 11.3 Å². The number of alkyl halides is 1. The van der Waals surface area contributed by atoms with Gasteiger partial charge in [0.2, 0.25) is 5.91 Å². The summed E-state index contributed by atoms with van der Waals surface area (Å²) in [4.78, 5) is 20.1. The molecule has 0 radical (unpaired) electrons. The molecule has 1 aliphatic rings. The summed E-state index contributed by atoms with van der Waals surface area (Å²) in [6, 6.07) is 7.20. The second kappa shape index (κ2) is 5.73. The molecule has 1 fully saturated rings. The first-order chi connectivity index (χ1) is 10.6. The van der Waals surface area contributed by atoms with Gasteiger partial charge in [-0.2, -0.15) is 5.26 Å².